The van der Waals surface area contributed by atoms with Crippen LogP contribution in [0, 0.1) is 11.6 Å². The van der Waals surface area contributed by atoms with E-state index >= 15 is 0 Å². The van der Waals surface area contributed by atoms with E-state index in [0.717, 1.165) is 28.3 Å². The number of rotatable bonds is 5. The van der Waals surface area contributed by atoms with Crippen molar-refractivity contribution in [2.75, 3.05) is 0 Å². The molecule has 0 atom stereocenters. The van der Waals surface area contributed by atoms with Crippen molar-refractivity contribution in [1.82, 2.24) is 4.98 Å². The van der Waals surface area contributed by atoms with Crippen LogP contribution in [0.15, 0.2) is 42.5 Å². The first kappa shape index (κ1) is 17.2. The van der Waals surface area contributed by atoms with Gasteiger partial charge in [-0.2, -0.15) is 0 Å². The minimum atomic E-state index is -0.982. The summed E-state index contributed by atoms with van der Waals surface area (Å²) in [6, 6.07) is 11.1. The molecule has 3 aromatic rings. The van der Waals surface area contributed by atoms with Gasteiger partial charge in [0.15, 0.2) is 11.6 Å². The SMILES string of the molecule is CCc1nc(Cc2cccc(-c3ccc(F)c(F)c3)c2)c(C(=O)O)s1. The van der Waals surface area contributed by atoms with Gasteiger partial charge in [0.2, 0.25) is 0 Å². The zero-order valence-electron chi connectivity index (χ0n) is 13.4. The van der Waals surface area contributed by atoms with Gasteiger partial charge in [0.1, 0.15) is 4.88 Å². The summed E-state index contributed by atoms with van der Waals surface area (Å²) in [5.41, 5.74) is 2.68. The number of hydrogen-bond donors (Lipinski definition) is 1. The van der Waals surface area contributed by atoms with Gasteiger partial charge in [0.25, 0.3) is 0 Å². The van der Waals surface area contributed by atoms with Gasteiger partial charge in [0, 0.05) is 6.42 Å². The highest BCUT2D eigenvalue weighted by Gasteiger charge is 2.17. The first-order valence-corrected chi connectivity index (χ1v) is 8.55. The van der Waals surface area contributed by atoms with Crippen molar-refractivity contribution in [3.63, 3.8) is 0 Å². The third-order valence-corrected chi connectivity index (χ3v) is 5.02. The lowest BCUT2D eigenvalue weighted by Crippen LogP contribution is -2.00. The third-order valence-electron chi connectivity index (χ3n) is 3.79. The van der Waals surface area contributed by atoms with Crippen molar-refractivity contribution in [2.24, 2.45) is 0 Å². The normalized spacial score (nSPS) is 10.8. The van der Waals surface area contributed by atoms with Gasteiger partial charge in [-0.05, 0) is 35.2 Å². The highest BCUT2D eigenvalue weighted by molar-refractivity contribution is 7.13. The molecular formula is C19H15F2NO2S. The topological polar surface area (TPSA) is 50.2 Å². The standard InChI is InChI=1S/C19H15F2NO2S/c1-2-17-22-16(18(25-17)19(23)24)9-11-4-3-5-12(8-11)13-6-7-14(20)15(21)10-13/h3-8,10H,2,9H2,1H3,(H,23,24). The summed E-state index contributed by atoms with van der Waals surface area (Å²) in [5, 5.41) is 10.1. The number of aryl methyl sites for hydroxylation is 1. The molecule has 0 aliphatic heterocycles. The van der Waals surface area contributed by atoms with Gasteiger partial charge in [-0.25, -0.2) is 18.6 Å². The summed E-state index contributed by atoms with van der Waals surface area (Å²) in [5.74, 6) is -2.77. The average molecular weight is 359 g/mol. The van der Waals surface area contributed by atoms with E-state index in [1.807, 2.05) is 19.1 Å². The Morgan fingerprint density at radius 1 is 1.12 bits per heavy atom. The summed E-state index contributed by atoms with van der Waals surface area (Å²) in [4.78, 5) is 16.0. The minimum absolute atomic E-state index is 0.245. The van der Waals surface area contributed by atoms with Crippen LogP contribution < -0.4 is 0 Å². The second-order valence-corrected chi connectivity index (χ2v) is 6.63. The highest BCUT2D eigenvalue weighted by atomic mass is 32.1. The molecule has 6 heteroatoms. The molecule has 0 aliphatic carbocycles. The second kappa shape index (κ2) is 7.11. The molecule has 0 unspecified atom stereocenters. The number of thiazole rings is 1. The van der Waals surface area contributed by atoms with E-state index in [1.165, 1.54) is 17.4 Å². The number of carbonyl (C=O) groups is 1. The van der Waals surface area contributed by atoms with Gasteiger partial charge in [-0.3, -0.25) is 0 Å². The number of benzene rings is 2. The lowest BCUT2D eigenvalue weighted by molar-refractivity contribution is 0.0701. The third kappa shape index (κ3) is 3.74. The summed E-state index contributed by atoms with van der Waals surface area (Å²) in [6.07, 6.45) is 1.05. The number of halogens is 2. The van der Waals surface area contributed by atoms with Crippen LogP contribution in [-0.2, 0) is 12.8 Å². The maximum absolute atomic E-state index is 13.4. The Labute approximate surface area is 147 Å². The lowest BCUT2D eigenvalue weighted by Gasteiger charge is -2.06. The highest BCUT2D eigenvalue weighted by Crippen LogP contribution is 2.26. The van der Waals surface area contributed by atoms with Crippen LogP contribution in [0.2, 0.25) is 0 Å². The van der Waals surface area contributed by atoms with E-state index in [1.54, 1.807) is 12.1 Å². The molecule has 1 N–H and O–H groups in total. The van der Waals surface area contributed by atoms with Gasteiger partial charge >= 0.3 is 5.97 Å². The molecule has 0 saturated carbocycles. The van der Waals surface area contributed by atoms with Gasteiger partial charge in [-0.1, -0.05) is 37.3 Å². The predicted octanol–water partition coefficient (Wildman–Crippen LogP) is 4.94. The zero-order chi connectivity index (χ0) is 18.0. The van der Waals surface area contributed by atoms with Gasteiger partial charge in [-0.15, -0.1) is 11.3 Å². The van der Waals surface area contributed by atoms with Crippen molar-refractivity contribution in [3.8, 4) is 11.1 Å². The number of nitrogens with zero attached hydrogens (tertiary/aromatic N) is 1. The Hall–Kier alpha value is -2.60. The Kier molecular flexibility index (Phi) is 4.90. The van der Waals surface area contributed by atoms with Crippen LogP contribution >= 0.6 is 11.3 Å². The molecule has 0 spiro atoms. The van der Waals surface area contributed by atoms with Crippen molar-refractivity contribution in [3.05, 3.63) is 75.2 Å². The first-order valence-electron chi connectivity index (χ1n) is 7.74. The molecule has 1 aromatic heterocycles. The molecule has 0 bridgehead atoms. The molecule has 0 fully saturated rings. The molecule has 1 heterocycles. The van der Waals surface area contributed by atoms with Crippen molar-refractivity contribution in [2.45, 2.75) is 19.8 Å². The van der Waals surface area contributed by atoms with E-state index in [9.17, 15) is 18.7 Å². The van der Waals surface area contributed by atoms with Crippen molar-refractivity contribution < 1.29 is 18.7 Å². The van der Waals surface area contributed by atoms with Crippen LogP contribution in [-0.4, -0.2) is 16.1 Å². The van der Waals surface area contributed by atoms with E-state index in [4.69, 9.17) is 0 Å². The van der Waals surface area contributed by atoms with Crippen molar-refractivity contribution >= 4 is 17.3 Å². The minimum Gasteiger partial charge on any atom is -0.477 e. The first-order chi connectivity index (χ1) is 12.0. The molecule has 0 saturated heterocycles. The Balaban J connectivity index is 1.93. The molecular weight excluding hydrogens is 344 g/mol. The number of carboxylic acid groups (broad SMARTS) is 1. The van der Waals surface area contributed by atoms with Crippen LogP contribution in [0.25, 0.3) is 11.1 Å². The summed E-state index contributed by atoms with van der Waals surface area (Å²) in [7, 11) is 0. The second-order valence-electron chi connectivity index (χ2n) is 5.55. The molecule has 3 rings (SSSR count). The number of aromatic carboxylic acids is 1. The summed E-state index contributed by atoms with van der Waals surface area (Å²) in [6.45, 7) is 1.93. The van der Waals surface area contributed by atoms with Crippen LogP contribution in [0.3, 0.4) is 0 Å². The summed E-state index contributed by atoms with van der Waals surface area (Å²) >= 11 is 1.19. The van der Waals surface area contributed by atoms with Gasteiger partial charge in [0.05, 0.1) is 10.7 Å². The fraction of sp³-hybridized carbons (Fsp3) is 0.158. The van der Waals surface area contributed by atoms with E-state index in [-0.39, 0.29) is 4.88 Å². The maximum atomic E-state index is 13.4. The van der Waals surface area contributed by atoms with Crippen LogP contribution in [0.5, 0.6) is 0 Å². The molecule has 25 heavy (non-hydrogen) atoms. The maximum Gasteiger partial charge on any atom is 0.347 e. The Morgan fingerprint density at radius 3 is 2.56 bits per heavy atom. The molecule has 0 aliphatic rings. The Morgan fingerprint density at radius 2 is 1.88 bits per heavy atom. The van der Waals surface area contributed by atoms with Crippen molar-refractivity contribution in [1.29, 1.82) is 0 Å². The predicted molar refractivity (Wildman–Crippen MR) is 93.1 cm³/mol. The van der Waals surface area contributed by atoms with E-state index in [0.29, 0.717) is 24.1 Å². The largest absolute Gasteiger partial charge is 0.477 e. The fourth-order valence-corrected chi connectivity index (χ4v) is 3.43. The average Bonchev–Trinajstić information content (AvgIpc) is 3.01. The summed E-state index contributed by atoms with van der Waals surface area (Å²) < 4.78 is 26.5. The number of carboxylic acids is 1. The van der Waals surface area contributed by atoms with Crippen LogP contribution in [0.1, 0.15) is 32.9 Å². The van der Waals surface area contributed by atoms with E-state index < -0.39 is 17.6 Å². The quantitative estimate of drug-likeness (QED) is 0.702. The smallest absolute Gasteiger partial charge is 0.347 e. The molecule has 0 radical (unpaired) electrons. The monoisotopic (exact) mass is 359 g/mol. The number of aromatic nitrogens is 1. The fourth-order valence-electron chi connectivity index (χ4n) is 2.57. The molecule has 3 nitrogen and oxygen atoms in total. The molecule has 2 aromatic carbocycles. The van der Waals surface area contributed by atoms with E-state index in [2.05, 4.69) is 4.98 Å². The molecule has 0 amide bonds. The zero-order valence-corrected chi connectivity index (χ0v) is 14.2. The Bertz CT molecular complexity index is 937. The lowest BCUT2D eigenvalue weighted by atomic mass is 10.0. The number of hydrogen-bond acceptors (Lipinski definition) is 3. The van der Waals surface area contributed by atoms with Gasteiger partial charge < -0.3 is 5.11 Å². The van der Waals surface area contributed by atoms with Crippen LogP contribution in [0.4, 0.5) is 8.78 Å². The molecule has 128 valence electrons.